The zero-order chi connectivity index (χ0) is 21.5. The van der Waals surface area contributed by atoms with E-state index >= 15 is 0 Å². The lowest BCUT2D eigenvalue weighted by molar-refractivity contribution is -0.118. The Kier molecular flexibility index (Phi) is 5.26. The van der Waals surface area contributed by atoms with Crippen LogP contribution in [0.4, 0.5) is 0 Å². The van der Waals surface area contributed by atoms with E-state index in [1.165, 1.54) is 6.92 Å². The number of nitrogens with zero attached hydrogens (tertiary/aromatic N) is 4. The molecule has 3 atom stereocenters. The minimum atomic E-state index is -0.294. The molecular formula is C22H30N6O2. The molecule has 30 heavy (non-hydrogen) atoms. The van der Waals surface area contributed by atoms with Crippen LogP contribution in [-0.2, 0) is 10.3 Å². The number of fused-ring (bicyclic) bond motifs is 2. The average molecular weight is 411 g/mol. The van der Waals surface area contributed by atoms with Crippen molar-refractivity contribution in [2.45, 2.75) is 65.0 Å². The molecule has 2 aliphatic carbocycles. The highest BCUT2D eigenvalue weighted by molar-refractivity contribution is 5.97. The molecule has 2 amide bonds. The molecule has 2 aromatic rings. The summed E-state index contributed by atoms with van der Waals surface area (Å²) in [4.78, 5) is 24.8. The molecule has 0 aromatic carbocycles. The van der Waals surface area contributed by atoms with Gasteiger partial charge in [-0.05, 0) is 64.4 Å². The summed E-state index contributed by atoms with van der Waals surface area (Å²) < 4.78 is 3.53. The van der Waals surface area contributed by atoms with Crippen molar-refractivity contribution in [3.63, 3.8) is 0 Å². The zero-order valence-electron chi connectivity index (χ0n) is 18.1. The number of rotatable bonds is 4. The molecule has 8 heteroatoms. The minimum Gasteiger partial charge on any atom is -0.349 e. The first-order chi connectivity index (χ1) is 14.2. The first kappa shape index (κ1) is 20.4. The molecule has 1 saturated carbocycles. The van der Waals surface area contributed by atoms with Gasteiger partial charge in [0.1, 0.15) is 5.56 Å². The van der Waals surface area contributed by atoms with Gasteiger partial charge in [-0.2, -0.15) is 10.2 Å². The number of aromatic nitrogens is 4. The number of allylic oxidation sites excluding steroid dienone is 1. The summed E-state index contributed by atoms with van der Waals surface area (Å²) in [5.41, 5.74) is 1.20. The van der Waals surface area contributed by atoms with Crippen LogP contribution >= 0.6 is 0 Å². The molecule has 2 heterocycles. The summed E-state index contributed by atoms with van der Waals surface area (Å²) >= 11 is 0. The molecule has 160 valence electrons. The van der Waals surface area contributed by atoms with Crippen molar-refractivity contribution in [3.05, 3.63) is 42.0 Å². The number of amides is 2. The highest BCUT2D eigenvalue weighted by Gasteiger charge is 2.35. The molecule has 3 unspecified atom stereocenters. The standard InChI is InChI=1S/C22H30N6O2/c1-14(29)25-17-11-15-6-7-19(16(10-15)12-17)26-20(30)18-13-24-28(22(2,3)4)21(18)27-9-5-8-23-27/h5,8-9,12-13,15-16,19H,6-7,10-11H2,1-4H3,(H,25,29)(H,26,30). The van der Waals surface area contributed by atoms with Crippen LogP contribution in [0.2, 0.25) is 0 Å². The van der Waals surface area contributed by atoms with Crippen LogP contribution in [0.1, 0.15) is 63.7 Å². The highest BCUT2D eigenvalue weighted by Crippen LogP contribution is 2.38. The zero-order valence-corrected chi connectivity index (χ0v) is 18.1. The third-order valence-corrected chi connectivity index (χ3v) is 5.93. The largest absolute Gasteiger partial charge is 0.349 e. The van der Waals surface area contributed by atoms with Gasteiger partial charge in [0.15, 0.2) is 5.82 Å². The van der Waals surface area contributed by atoms with Crippen molar-refractivity contribution in [3.8, 4) is 5.82 Å². The molecule has 0 spiro atoms. The van der Waals surface area contributed by atoms with Gasteiger partial charge in [-0.1, -0.05) is 6.08 Å². The first-order valence-electron chi connectivity index (χ1n) is 10.6. The van der Waals surface area contributed by atoms with E-state index in [9.17, 15) is 9.59 Å². The smallest absolute Gasteiger partial charge is 0.256 e. The van der Waals surface area contributed by atoms with Crippen LogP contribution in [0.5, 0.6) is 0 Å². The number of carbonyl (C=O) groups excluding carboxylic acids is 2. The summed E-state index contributed by atoms with van der Waals surface area (Å²) in [5.74, 6) is 1.28. The van der Waals surface area contributed by atoms with Crippen LogP contribution < -0.4 is 10.6 Å². The van der Waals surface area contributed by atoms with Crippen molar-refractivity contribution < 1.29 is 9.59 Å². The lowest BCUT2D eigenvalue weighted by atomic mass is 9.72. The monoisotopic (exact) mass is 410 g/mol. The lowest BCUT2D eigenvalue weighted by Crippen LogP contribution is -2.45. The van der Waals surface area contributed by atoms with Crippen LogP contribution in [0.25, 0.3) is 5.82 Å². The van der Waals surface area contributed by atoms with E-state index in [-0.39, 0.29) is 29.3 Å². The Labute approximate surface area is 176 Å². The van der Waals surface area contributed by atoms with Gasteiger partial charge in [0.05, 0.1) is 11.7 Å². The van der Waals surface area contributed by atoms with Crippen molar-refractivity contribution in [2.75, 3.05) is 0 Å². The van der Waals surface area contributed by atoms with Crippen LogP contribution in [-0.4, -0.2) is 37.4 Å². The average Bonchev–Trinajstić information content (AvgIpc) is 3.31. The SMILES string of the molecule is CC(=O)NC1=CC2CC(CCC2NC(=O)c2cnn(C(C)(C)C)c2-n2cccn2)C1. The fourth-order valence-electron chi connectivity index (χ4n) is 4.66. The van der Waals surface area contributed by atoms with Gasteiger partial charge < -0.3 is 10.6 Å². The molecular weight excluding hydrogens is 380 g/mol. The summed E-state index contributed by atoms with van der Waals surface area (Å²) in [5, 5.41) is 15.0. The molecule has 1 fully saturated rings. The van der Waals surface area contributed by atoms with Gasteiger partial charge >= 0.3 is 0 Å². The Morgan fingerprint density at radius 1 is 1.20 bits per heavy atom. The second kappa shape index (κ2) is 7.74. The summed E-state index contributed by atoms with van der Waals surface area (Å²) in [6.07, 6.45) is 11.2. The maximum absolute atomic E-state index is 13.3. The first-order valence-corrected chi connectivity index (χ1v) is 10.6. The quantitative estimate of drug-likeness (QED) is 0.810. The number of nitrogens with one attached hydrogen (secondary N) is 2. The van der Waals surface area contributed by atoms with Gasteiger partial charge in [-0.3, -0.25) is 9.59 Å². The Morgan fingerprint density at radius 2 is 2.00 bits per heavy atom. The van der Waals surface area contributed by atoms with Gasteiger partial charge in [0.25, 0.3) is 5.91 Å². The van der Waals surface area contributed by atoms with E-state index in [0.717, 1.165) is 31.4 Å². The van der Waals surface area contributed by atoms with Crippen molar-refractivity contribution >= 4 is 11.8 Å². The Balaban J connectivity index is 1.59. The third-order valence-electron chi connectivity index (χ3n) is 5.93. The Bertz CT molecular complexity index is 966. The van der Waals surface area contributed by atoms with E-state index in [4.69, 9.17) is 0 Å². The predicted octanol–water partition coefficient (Wildman–Crippen LogP) is 2.76. The van der Waals surface area contributed by atoms with Crippen LogP contribution in [0, 0.1) is 11.8 Å². The summed E-state index contributed by atoms with van der Waals surface area (Å²) in [6.45, 7) is 7.68. The number of hydrogen-bond donors (Lipinski definition) is 2. The molecule has 0 saturated heterocycles. The van der Waals surface area contributed by atoms with E-state index in [2.05, 4.69) is 26.9 Å². The lowest BCUT2D eigenvalue weighted by Gasteiger charge is -2.39. The predicted molar refractivity (Wildman–Crippen MR) is 113 cm³/mol. The van der Waals surface area contributed by atoms with Crippen molar-refractivity contribution in [1.29, 1.82) is 0 Å². The second-order valence-electron chi connectivity index (χ2n) is 9.42. The van der Waals surface area contributed by atoms with Crippen molar-refractivity contribution in [1.82, 2.24) is 30.2 Å². The molecule has 2 N–H and O–H groups in total. The molecule has 2 aliphatic rings. The minimum absolute atomic E-state index is 0.0414. The second-order valence-corrected chi connectivity index (χ2v) is 9.42. The molecule has 8 nitrogen and oxygen atoms in total. The van der Waals surface area contributed by atoms with Gasteiger partial charge in [-0.15, -0.1) is 0 Å². The Hall–Kier alpha value is -2.90. The maximum Gasteiger partial charge on any atom is 0.256 e. The van der Waals surface area contributed by atoms with Gasteiger partial charge in [-0.25, -0.2) is 9.36 Å². The Morgan fingerprint density at radius 3 is 2.67 bits per heavy atom. The van der Waals surface area contributed by atoms with E-state index < -0.39 is 0 Å². The van der Waals surface area contributed by atoms with E-state index in [1.807, 2.05) is 37.7 Å². The third kappa shape index (κ3) is 4.04. The van der Waals surface area contributed by atoms with Gasteiger partial charge in [0, 0.05) is 31.1 Å². The molecule has 0 aliphatic heterocycles. The molecule has 2 bridgehead atoms. The summed E-state index contributed by atoms with van der Waals surface area (Å²) in [6, 6.07) is 1.88. The van der Waals surface area contributed by atoms with Gasteiger partial charge in [0.2, 0.25) is 5.91 Å². The van der Waals surface area contributed by atoms with E-state index in [0.29, 0.717) is 17.3 Å². The van der Waals surface area contributed by atoms with Crippen LogP contribution in [0.3, 0.4) is 0 Å². The van der Waals surface area contributed by atoms with Crippen molar-refractivity contribution in [2.24, 2.45) is 11.8 Å². The van der Waals surface area contributed by atoms with Crippen LogP contribution in [0.15, 0.2) is 36.4 Å². The summed E-state index contributed by atoms with van der Waals surface area (Å²) in [7, 11) is 0. The van der Waals surface area contributed by atoms with E-state index in [1.54, 1.807) is 17.1 Å². The molecule has 2 aromatic heterocycles. The topological polar surface area (TPSA) is 93.8 Å². The molecule has 4 rings (SSSR count). The highest BCUT2D eigenvalue weighted by atomic mass is 16.2. The fourth-order valence-corrected chi connectivity index (χ4v) is 4.66. The normalized spacial score (nSPS) is 23.6. The maximum atomic E-state index is 13.3. The number of hydrogen-bond acceptors (Lipinski definition) is 4. The number of carbonyl (C=O) groups is 2. The fraction of sp³-hybridized carbons (Fsp3) is 0.545. The molecule has 0 radical (unpaired) electrons.